The highest BCUT2D eigenvalue weighted by atomic mass is 16.5. The van der Waals surface area contributed by atoms with Crippen LogP contribution in [0.5, 0.6) is 5.88 Å². The third kappa shape index (κ3) is 5.46. The van der Waals surface area contributed by atoms with E-state index in [1.54, 1.807) is 6.92 Å². The quantitative estimate of drug-likeness (QED) is 0.439. The van der Waals surface area contributed by atoms with Crippen molar-refractivity contribution in [2.45, 2.75) is 88.9 Å². The Kier molecular flexibility index (Phi) is 7.36. The van der Waals surface area contributed by atoms with Crippen LogP contribution >= 0.6 is 0 Å². The van der Waals surface area contributed by atoms with Crippen LogP contribution in [0.25, 0.3) is 11.3 Å². The minimum Gasteiger partial charge on any atom is -0.472 e. The summed E-state index contributed by atoms with van der Waals surface area (Å²) >= 11 is 0. The van der Waals surface area contributed by atoms with Gasteiger partial charge < -0.3 is 14.6 Å². The number of aromatic nitrogens is 5. The Balaban J connectivity index is 1.18. The number of rotatable bonds is 8. The molecule has 2 fully saturated rings. The molecule has 0 aliphatic heterocycles. The maximum atomic E-state index is 12.0. The number of esters is 1. The summed E-state index contributed by atoms with van der Waals surface area (Å²) < 4.78 is 13.0. The highest BCUT2D eigenvalue weighted by Gasteiger charge is 2.31. The number of nitrogens with one attached hydrogen (secondary N) is 1. The van der Waals surface area contributed by atoms with Gasteiger partial charge in [-0.3, -0.25) is 4.68 Å². The maximum Gasteiger partial charge on any atom is 0.362 e. The zero-order chi connectivity index (χ0) is 25.0. The number of aliphatic hydroxyl groups is 1. The van der Waals surface area contributed by atoms with Gasteiger partial charge >= 0.3 is 5.97 Å². The first-order valence-corrected chi connectivity index (χ1v) is 13.1. The second-order valence-electron chi connectivity index (χ2n) is 10.1. The van der Waals surface area contributed by atoms with Crippen LogP contribution in [0.2, 0.25) is 0 Å². The molecule has 36 heavy (non-hydrogen) atoms. The number of carbonyl (C=O) groups excluding carboxylic acids is 1. The summed E-state index contributed by atoms with van der Waals surface area (Å²) in [6.07, 6.45) is 10.6. The molecular weight excluding hydrogens is 458 g/mol. The van der Waals surface area contributed by atoms with Crippen molar-refractivity contribution in [2.24, 2.45) is 0 Å². The highest BCUT2D eigenvalue weighted by Crippen LogP contribution is 2.36. The Hall–Kier alpha value is -3.20. The molecule has 2 aliphatic rings. The molecule has 3 aromatic rings. The maximum absolute atomic E-state index is 12.0. The Morgan fingerprint density at radius 3 is 2.58 bits per heavy atom. The molecule has 0 unspecified atom stereocenters. The van der Waals surface area contributed by atoms with Gasteiger partial charge in [0.1, 0.15) is 6.10 Å². The van der Waals surface area contributed by atoms with E-state index >= 15 is 0 Å². The number of aromatic amines is 1. The van der Waals surface area contributed by atoms with E-state index in [-0.39, 0.29) is 24.3 Å². The highest BCUT2D eigenvalue weighted by molar-refractivity contribution is 5.89. The fraction of sp³-hybridized carbons (Fsp3) is 0.556. The molecule has 0 atom stereocenters. The lowest BCUT2D eigenvalue weighted by molar-refractivity contribution is -0.0138. The molecule has 0 radical (unpaired) electrons. The molecule has 2 aromatic heterocycles. The van der Waals surface area contributed by atoms with Crippen LogP contribution in [-0.4, -0.2) is 54.6 Å². The monoisotopic (exact) mass is 493 g/mol. The van der Waals surface area contributed by atoms with E-state index in [0.717, 1.165) is 62.6 Å². The summed E-state index contributed by atoms with van der Waals surface area (Å²) in [5.74, 6) is 0.185. The first kappa shape index (κ1) is 24.5. The van der Waals surface area contributed by atoms with E-state index < -0.39 is 11.6 Å². The van der Waals surface area contributed by atoms with Crippen molar-refractivity contribution in [2.75, 3.05) is 6.61 Å². The molecule has 2 aliphatic carbocycles. The van der Waals surface area contributed by atoms with E-state index in [9.17, 15) is 9.90 Å². The molecule has 0 amide bonds. The van der Waals surface area contributed by atoms with Crippen molar-refractivity contribution >= 4 is 5.97 Å². The molecule has 0 spiro atoms. The standard InChI is InChI=1S/C27H35N5O4/c1-2-35-26(33)24-25(30-31-29-24)36-22-12-10-20(11-13-22)19-6-8-21(9-7-19)23-14-17-28-32(23)18-27(34)15-4-3-5-16-27/h6-9,14,17,20,22,34H,2-5,10-13,15-16,18H2,1H3,(H,29,30,31)/t20-,22-. The van der Waals surface area contributed by atoms with Crippen LogP contribution in [0.3, 0.4) is 0 Å². The predicted octanol–water partition coefficient (Wildman–Crippen LogP) is 4.65. The summed E-state index contributed by atoms with van der Waals surface area (Å²) in [7, 11) is 0. The Morgan fingerprint density at radius 1 is 1.11 bits per heavy atom. The lowest BCUT2D eigenvalue weighted by atomic mass is 9.82. The van der Waals surface area contributed by atoms with Crippen molar-refractivity contribution in [3.05, 3.63) is 47.8 Å². The van der Waals surface area contributed by atoms with Crippen molar-refractivity contribution in [3.8, 4) is 17.1 Å². The summed E-state index contributed by atoms with van der Waals surface area (Å²) in [5.41, 5.74) is 3.00. The fourth-order valence-electron chi connectivity index (χ4n) is 5.59. The number of benzene rings is 1. The molecule has 0 saturated heterocycles. The minimum atomic E-state index is -0.650. The molecular formula is C27H35N5O4. The predicted molar refractivity (Wildman–Crippen MR) is 134 cm³/mol. The van der Waals surface area contributed by atoms with E-state index in [1.807, 2.05) is 16.9 Å². The molecule has 5 rings (SSSR count). The van der Waals surface area contributed by atoms with E-state index in [2.05, 4.69) is 44.8 Å². The van der Waals surface area contributed by atoms with Gasteiger partial charge in [-0.2, -0.15) is 5.10 Å². The number of carbonyl (C=O) groups is 1. The van der Waals surface area contributed by atoms with Crippen molar-refractivity contribution in [1.82, 2.24) is 25.2 Å². The fourth-order valence-corrected chi connectivity index (χ4v) is 5.59. The van der Waals surface area contributed by atoms with Gasteiger partial charge in [0, 0.05) is 6.20 Å². The van der Waals surface area contributed by atoms with Crippen molar-refractivity contribution in [1.29, 1.82) is 0 Å². The SMILES string of the molecule is CCOC(=O)c1[nH]nnc1O[C@H]1CC[C@H](c2ccc(-c3ccnn3CC3(O)CCCCC3)cc2)CC1. The molecule has 192 valence electrons. The third-order valence-corrected chi connectivity index (χ3v) is 7.57. The summed E-state index contributed by atoms with van der Waals surface area (Å²) in [6, 6.07) is 10.8. The lowest BCUT2D eigenvalue weighted by Gasteiger charge is -2.32. The molecule has 0 bridgehead atoms. The van der Waals surface area contributed by atoms with Crippen LogP contribution in [0.4, 0.5) is 0 Å². The molecule has 9 heteroatoms. The van der Waals surface area contributed by atoms with Crippen LogP contribution in [0, 0.1) is 0 Å². The topological polar surface area (TPSA) is 115 Å². The smallest absolute Gasteiger partial charge is 0.362 e. The number of hydrogen-bond donors (Lipinski definition) is 2. The van der Waals surface area contributed by atoms with Crippen LogP contribution < -0.4 is 4.74 Å². The first-order valence-electron chi connectivity index (χ1n) is 13.1. The molecule has 9 nitrogen and oxygen atoms in total. The van der Waals surface area contributed by atoms with Gasteiger partial charge in [0.2, 0.25) is 5.69 Å². The second-order valence-corrected chi connectivity index (χ2v) is 10.1. The van der Waals surface area contributed by atoms with Gasteiger partial charge in [0.05, 0.1) is 24.4 Å². The molecule has 2 saturated carbocycles. The first-order chi connectivity index (χ1) is 17.5. The minimum absolute atomic E-state index is 0.00117. The normalized spacial score (nSPS) is 21.7. The van der Waals surface area contributed by atoms with Gasteiger partial charge in [-0.1, -0.05) is 53.8 Å². The molecule has 1 aromatic carbocycles. The van der Waals surface area contributed by atoms with Crippen LogP contribution in [-0.2, 0) is 11.3 Å². The van der Waals surface area contributed by atoms with Gasteiger partial charge in [-0.05, 0) is 68.6 Å². The van der Waals surface area contributed by atoms with E-state index in [0.29, 0.717) is 12.5 Å². The summed E-state index contributed by atoms with van der Waals surface area (Å²) in [6.45, 7) is 2.59. The largest absolute Gasteiger partial charge is 0.472 e. The molecule has 2 N–H and O–H groups in total. The number of H-pyrrole nitrogens is 1. The lowest BCUT2D eigenvalue weighted by Crippen LogP contribution is -2.36. The Labute approximate surface area is 211 Å². The third-order valence-electron chi connectivity index (χ3n) is 7.57. The van der Waals surface area contributed by atoms with E-state index in [4.69, 9.17) is 9.47 Å². The summed E-state index contributed by atoms with van der Waals surface area (Å²) in [4.78, 5) is 12.0. The van der Waals surface area contributed by atoms with Gasteiger partial charge in [0.15, 0.2) is 0 Å². The van der Waals surface area contributed by atoms with Crippen LogP contribution in [0.15, 0.2) is 36.5 Å². The van der Waals surface area contributed by atoms with E-state index in [1.165, 1.54) is 12.0 Å². The Bertz CT molecular complexity index is 1140. The summed E-state index contributed by atoms with van der Waals surface area (Å²) in [5, 5.41) is 25.7. The second kappa shape index (κ2) is 10.8. The van der Waals surface area contributed by atoms with Gasteiger partial charge in [0.25, 0.3) is 5.88 Å². The van der Waals surface area contributed by atoms with Crippen molar-refractivity contribution < 1.29 is 19.4 Å². The number of ether oxygens (including phenoxy) is 2. The molecule has 2 heterocycles. The zero-order valence-electron chi connectivity index (χ0n) is 20.9. The number of nitrogens with zero attached hydrogens (tertiary/aromatic N) is 4. The Morgan fingerprint density at radius 2 is 1.86 bits per heavy atom. The average molecular weight is 494 g/mol. The van der Waals surface area contributed by atoms with Gasteiger partial charge in [-0.15, -0.1) is 0 Å². The van der Waals surface area contributed by atoms with Crippen molar-refractivity contribution in [3.63, 3.8) is 0 Å². The van der Waals surface area contributed by atoms with Gasteiger partial charge in [-0.25, -0.2) is 9.89 Å². The average Bonchev–Trinajstić information content (AvgIpc) is 3.55. The zero-order valence-corrected chi connectivity index (χ0v) is 20.9. The van der Waals surface area contributed by atoms with Crippen LogP contribution in [0.1, 0.15) is 86.7 Å². The number of hydrogen-bond acceptors (Lipinski definition) is 7.